The number of hydrogen-bond donors (Lipinski definition) is 2. The molecule has 0 spiro atoms. The van der Waals surface area contributed by atoms with Gasteiger partial charge >= 0.3 is 0 Å². The van der Waals surface area contributed by atoms with Crippen molar-refractivity contribution >= 4 is 23.4 Å². The summed E-state index contributed by atoms with van der Waals surface area (Å²) in [5.74, 6) is -0.382. The summed E-state index contributed by atoms with van der Waals surface area (Å²) in [7, 11) is 0. The zero-order valence-electron chi connectivity index (χ0n) is 16.3. The van der Waals surface area contributed by atoms with Crippen LogP contribution in [0, 0.1) is 0 Å². The van der Waals surface area contributed by atoms with E-state index in [-0.39, 0.29) is 30.8 Å². The maximum absolute atomic E-state index is 12.3. The molecule has 1 atom stereocenters. The lowest BCUT2D eigenvalue weighted by atomic mass is 10.0. The van der Waals surface area contributed by atoms with Gasteiger partial charge < -0.3 is 15.4 Å². The molecule has 0 radical (unpaired) electrons. The Morgan fingerprint density at radius 1 is 0.966 bits per heavy atom. The average Bonchev–Trinajstić information content (AvgIpc) is 2.75. The summed E-state index contributed by atoms with van der Waals surface area (Å²) in [6.45, 7) is 3.37. The number of carbonyl (C=O) groups is 2. The first-order chi connectivity index (χ1) is 14.1. The topological polar surface area (TPSA) is 70.7 Å². The SMILES string of the molecule is O=C(CNC(=O)Cc1ccccc1)NCC(c1ccc(Cl)cc1)N1CCOCC1. The van der Waals surface area contributed by atoms with Crippen LogP contribution in [-0.4, -0.2) is 56.1 Å². The van der Waals surface area contributed by atoms with Gasteiger partial charge in [-0.25, -0.2) is 0 Å². The molecule has 0 saturated carbocycles. The third-order valence-electron chi connectivity index (χ3n) is 4.89. The Labute approximate surface area is 176 Å². The van der Waals surface area contributed by atoms with Crippen LogP contribution in [0.25, 0.3) is 0 Å². The van der Waals surface area contributed by atoms with E-state index in [1.54, 1.807) is 0 Å². The normalized spacial score (nSPS) is 15.5. The van der Waals surface area contributed by atoms with Crippen molar-refractivity contribution in [3.63, 3.8) is 0 Å². The molecule has 2 aromatic rings. The lowest BCUT2D eigenvalue weighted by molar-refractivity contribution is -0.125. The van der Waals surface area contributed by atoms with E-state index >= 15 is 0 Å². The highest BCUT2D eigenvalue weighted by atomic mass is 35.5. The summed E-state index contributed by atoms with van der Waals surface area (Å²) < 4.78 is 5.45. The number of carbonyl (C=O) groups excluding carboxylic acids is 2. The van der Waals surface area contributed by atoms with Gasteiger partial charge in [0.2, 0.25) is 11.8 Å². The summed E-state index contributed by atoms with van der Waals surface area (Å²) in [4.78, 5) is 26.6. The van der Waals surface area contributed by atoms with E-state index < -0.39 is 0 Å². The molecular formula is C22H26ClN3O3. The summed E-state index contributed by atoms with van der Waals surface area (Å²) in [6.07, 6.45) is 0.259. The van der Waals surface area contributed by atoms with Crippen LogP contribution in [0.5, 0.6) is 0 Å². The molecule has 3 rings (SSSR count). The van der Waals surface area contributed by atoms with Crippen LogP contribution in [-0.2, 0) is 20.7 Å². The fraction of sp³-hybridized carbons (Fsp3) is 0.364. The minimum atomic E-state index is -0.210. The quantitative estimate of drug-likeness (QED) is 0.693. The molecule has 1 aliphatic heterocycles. The molecule has 0 bridgehead atoms. The Hall–Kier alpha value is -2.41. The first-order valence-electron chi connectivity index (χ1n) is 9.76. The summed E-state index contributed by atoms with van der Waals surface area (Å²) in [5, 5.41) is 6.30. The molecule has 1 aliphatic rings. The second-order valence-electron chi connectivity index (χ2n) is 6.96. The molecular weight excluding hydrogens is 390 g/mol. The van der Waals surface area contributed by atoms with Gasteiger partial charge in [-0.1, -0.05) is 54.1 Å². The molecule has 0 aromatic heterocycles. The molecule has 154 valence electrons. The minimum absolute atomic E-state index is 0.0279. The summed E-state index contributed by atoms with van der Waals surface area (Å²) in [6, 6.07) is 17.2. The summed E-state index contributed by atoms with van der Waals surface area (Å²) in [5.41, 5.74) is 2.00. The van der Waals surface area contributed by atoms with Crippen molar-refractivity contribution in [2.75, 3.05) is 39.4 Å². The highest BCUT2D eigenvalue weighted by molar-refractivity contribution is 6.30. The van der Waals surface area contributed by atoms with Crippen molar-refractivity contribution in [1.29, 1.82) is 0 Å². The van der Waals surface area contributed by atoms with Gasteiger partial charge in [-0.2, -0.15) is 0 Å². The van der Waals surface area contributed by atoms with Crippen molar-refractivity contribution in [2.24, 2.45) is 0 Å². The zero-order chi connectivity index (χ0) is 20.5. The lowest BCUT2D eigenvalue weighted by Crippen LogP contribution is -2.45. The number of morpholine rings is 1. The van der Waals surface area contributed by atoms with Crippen molar-refractivity contribution < 1.29 is 14.3 Å². The average molecular weight is 416 g/mol. The highest BCUT2D eigenvalue weighted by Crippen LogP contribution is 2.23. The van der Waals surface area contributed by atoms with Crippen LogP contribution in [0.2, 0.25) is 5.02 Å². The fourth-order valence-electron chi connectivity index (χ4n) is 3.33. The second-order valence-corrected chi connectivity index (χ2v) is 7.40. The highest BCUT2D eigenvalue weighted by Gasteiger charge is 2.23. The van der Waals surface area contributed by atoms with Gasteiger partial charge in [0.15, 0.2) is 0 Å². The van der Waals surface area contributed by atoms with Crippen LogP contribution < -0.4 is 10.6 Å². The smallest absolute Gasteiger partial charge is 0.239 e. The zero-order valence-corrected chi connectivity index (χ0v) is 17.0. The second kappa shape index (κ2) is 11.0. The first kappa shape index (κ1) is 21.3. The first-order valence-corrected chi connectivity index (χ1v) is 10.1. The van der Waals surface area contributed by atoms with Gasteiger partial charge in [-0.05, 0) is 23.3 Å². The van der Waals surface area contributed by atoms with Gasteiger partial charge in [0, 0.05) is 24.7 Å². The third kappa shape index (κ3) is 6.85. The van der Waals surface area contributed by atoms with Gasteiger partial charge in [-0.15, -0.1) is 0 Å². The van der Waals surface area contributed by atoms with Crippen LogP contribution in [0.3, 0.4) is 0 Å². The lowest BCUT2D eigenvalue weighted by Gasteiger charge is -2.35. The molecule has 1 saturated heterocycles. The van der Waals surface area contributed by atoms with E-state index in [2.05, 4.69) is 15.5 Å². The number of benzene rings is 2. The Bertz CT molecular complexity index is 793. The molecule has 1 unspecified atom stereocenters. The number of amides is 2. The van der Waals surface area contributed by atoms with Gasteiger partial charge in [-0.3, -0.25) is 14.5 Å². The van der Waals surface area contributed by atoms with Crippen LogP contribution >= 0.6 is 11.6 Å². The predicted octanol–water partition coefficient (Wildman–Crippen LogP) is 2.19. The predicted molar refractivity (Wildman–Crippen MR) is 113 cm³/mol. The van der Waals surface area contributed by atoms with E-state index in [0.29, 0.717) is 24.8 Å². The van der Waals surface area contributed by atoms with Gasteiger partial charge in [0.1, 0.15) is 0 Å². The molecule has 2 aromatic carbocycles. The third-order valence-corrected chi connectivity index (χ3v) is 5.14. The number of ether oxygens (including phenoxy) is 1. The van der Waals surface area contributed by atoms with E-state index in [4.69, 9.17) is 16.3 Å². The van der Waals surface area contributed by atoms with Gasteiger partial charge in [0.25, 0.3) is 0 Å². The van der Waals surface area contributed by atoms with E-state index in [0.717, 1.165) is 24.2 Å². The maximum Gasteiger partial charge on any atom is 0.239 e. The van der Waals surface area contributed by atoms with E-state index in [9.17, 15) is 9.59 Å². The van der Waals surface area contributed by atoms with Crippen LogP contribution in [0.15, 0.2) is 54.6 Å². The Morgan fingerprint density at radius 2 is 1.66 bits per heavy atom. The number of rotatable bonds is 8. The van der Waals surface area contributed by atoms with E-state index in [1.807, 2.05) is 54.6 Å². The van der Waals surface area contributed by atoms with E-state index in [1.165, 1.54) is 0 Å². The monoisotopic (exact) mass is 415 g/mol. The molecule has 2 N–H and O–H groups in total. The fourth-order valence-corrected chi connectivity index (χ4v) is 3.45. The Balaban J connectivity index is 1.50. The molecule has 7 heteroatoms. The molecule has 1 fully saturated rings. The number of hydrogen-bond acceptors (Lipinski definition) is 4. The Kier molecular flexibility index (Phi) is 8.04. The molecule has 6 nitrogen and oxygen atoms in total. The molecule has 29 heavy (non-hydrogen) atoms. The largest absolute Gasteiger partial charge is 0.379 e. The van der Waals surface area contributed by atoms with Crippen molar-refractivity contribution in [1.82, 2.24) is 15.5 Å². The van der Waals surface area contributed by atoms with Crippen LogP contribution in [0.1, 0.15) is 17.2 Å². The van der Waals surface area contributed by atoms with Crippen molar-refractivity contribution in [3.8, 4) is 0 Å². The van der Waals surface area contributed by atoms with Gasteiger partial charge in [0.05, 0.1) is 32.2 Å². The number of halogens is 1. The minimum Gasteiger partial charge on any atom is -0.379 e. The molecule has 0 aliphatic carbocycles. The van der Waals surface area contributed by atoms with Crippen molar-refractivity contribution in [2.45, 2.75) is 12.5 Å². The molecule has 2 amide bonds. The van der Waals surface area contributed by atoms with Crippen LogP contribution in [0.4, 0.5) is 0 Å². The van der Waals surface area contributed by atoms with Crippen molar-refractivity contribution in [3.05, 3.63) is 70.7 Å². The molecule has 1 heterocycles. The maximum atomic E-state index is 12.3. The standard InChI is InChI=1S/C22H26ClN3O3/c23-19-8-6-18(7-9-19)20(26-10-12-29-13-11-26)15-24-22(28)16-25-21(27)14-17-4-2-1-3-5-17/h1-9,20H,10-16H2,(H,24,28)(H,25,27). The number of nitrogens with one attached hydrogen (secondary N) is 2. The Morgan fingerprint density at radius 3 is 2.34 bits per heavy atom. The number of nitrogens with zero attached hydrogens (tertiary/aromatic N) is 1. The summed E-state index contributed by atoms with van der Waals surface area (Å²) >= 11 is 6.01.